The molecule has 13 heavy (non-hydrogen) atoms. The van der Waals surface area contributed by atoms with Crippen LogP contribution in [0.15, 0.2) is 24.3 Å². The van der Waals surface area contributed by atoms with Crippen LogP contribution in [0.3, 0.4) is 0 Å². The van der Waals surface area contributed by atoms with Crippen LogP contribution in [-0.2, 0) is 11.2 Å². The maximum Gasteiger partial charge on any atom is 0.332 e. The lowest BCUT2D eigenvalue weighted by atomic mass is 10.1. The highest BCUT2D eigenvalue weighted by molar-refractivity contribution is 5.72. The van der Waals surface area contributed by atoms with Crippen LogP contribution in [0.25, 0.3) is 0 Å². The molecule has 0 heterocycles. The summed E-state index contributed by atoms with van der Waals surface area (Å²) in [5, 5.41) is 17.3. The number of aliphatic carboxylic acids is 1. The summed E-state index contributed by atoms with van der Waals surface area (Å²) in [6, 6.07) is 5.50. The minimum Gasteiger partial charge on any atom is -0.479 e. The van der Waals surface area contributed by atoms with E-state index in [4.69, 9.17) is 10.2 Å². The average molecular weight is 184 g/mol. The van der Waals surface area contributed by atoms with E-state index in [1.165, 1.54) is 18.2 Å². The maximum atomic E-state index is 12.6. The molecule has 1 rings (SSSR count). The van der Waals surface area contributed by atoms with Gasteiger partial charge in [0.05, 0.1) is 0 Å². The van der Waals surface area contributed by atoms with Crippen LogP contribution < -0.4 is 0 Å². The molecule has 0 radical (unpaired) electrons. The molecular formula is C9H9FO3. The standard InChI is InChI=1S/C9H9FO3/c10-7-3-1-2-6(4-7)5-8(11)9(12)13/h1-4,8,11H,5H2,(H,12,13)/t8-/m0/s1. The van der Waals surface area contributed by atoms with E-state index < -0.39 is 17.9 Å². The van der Waals surface area contributed by atoms with Gasteiger partial charge in [0.2, 0.25) is 0 Å². The van der Waals surface area contributed by atoms with Crippen molar-refractivity contribution < 1.29 is 19.4 Å². The smallest absolute Gasteiger partial charge is 0.332 e. The molecule has 1 aromatic rings. The van der Waals surface area contributed by atoms with Crippen LogP contribution in [0.4, 0.5) is 4.39 Å². The van der Waals surface area contributed by atoms with Crippen LogP contribution >= 0.6 is 0 Å². The number of carbonyl (C=O) groups is 1. The first-order valence-electron chi connectivity index (χ1n) is 3.75. The van der Waals surface area contributed by atoms with Crippen molar-refractivity contribution in [2.75, 3.05) is 0 Å². The fourth-order valence-electron chi connectivity index (χ4n) is 0.975. The molecule has 0 spiro atoms. The Balaban J connectivity index is 2.69. The maximum absolute atomic E-state index is 12.6. The summed E-state index contributed by atoms with van der Waals surface area (Å²) in [7, 11) is 0. The zero-order valence-electron chi connectivity index (χ0n) is 6.77. The lowest BCUT2D eigenvalue weighted by Gasteiger charge is -2.04. The van der Waals surface area contributed by atoms with Crippen molar-refractivity contribution in [3.05, 3.63) is 35.6 Å². The summed E-state index contributed by atoms with van der Waals surface area (Å²) < 4.78 is 12.6. The fraction of sp³-hybridized carbons (Fsp3) is 0.222. The molecule has 1 atom stereocenters. The van der Waals surface area contributed by atoms with Crippen molar-refractivity contribution in [2.45, 2.75) is 12.5 Å². The SMILES string of the molecule is O=C(O)[C@@H](O)Cc1cccc(F)c1. The molecule has 1 aromatic carbocycles. The van der Waals surface area contributed by atoms with Crippen molar-refractivity contribution in [1.29, 1.82) is 0 Å². The third kappa shape index (κ3) is 2.83. The van der Waals surface area contributed by atoms with Gasteiger partial charge in [0.15, 0.2) is 6.10 Å². The Bertz CT molecular complexity index is 311. The van der Waals surface area contributed by atoms with E-state index in [1.807, 2.05) is 0 Å². The Morgan fingerprint density at radius 2 is 2.23 bits per heavy atom. The van der Waals surface area contributed by atoms with Gasteiger partial charge >= 0.3 is 5.97 Å². The third-order valence-corrected chi connectivity index (χ3v) is 1.60. The molecular weight excluding hydrogens is 175 g/mol. The van der Waals surface area contributed by atoms with E-state index in [9.17, 15) is 9.18 Å². The lowest BCUT2D eigenvalue weighted by molar-refractivity contribution is -0.146. The summed E-state index contributed by atoms with van der Waals surface area (Å²) in [5.41, 5.74) is 0.468. The second-order valence-electron chi connectivity index (χ2n) is 2.69. The topological polar surface area (TPSA) is 57.5 Å². The Labute approximate surface area is 74.4 Å². The van der Waals surface area contributed by atoms with Crippen molar-refractivity contribution in [3.8, 4) is 0 Å². The van der Waals surface area contributed by atoms with Gasteiger partial charge in [-0.1, -0.05) is 12.1 Å². The van der Waals surface area contributed by atoms with Gasteiger partial charge < -0.3 is 10.2 Å². The molecule has 3 nitrogen and oxygen atoms in total. The second-order valence-corrected chi connectivity index (χ2v) is 2.69. The van der Waals surface area contributed by atoms with Crippen molar-refractivity contribution >= 4 is 5.97 Å². The highest BCUT2D eigenvalue weighted by Gasteiger charge is 2.13. The highest BCUT2D eigenvalue weighted by Crippen LogP contribution is 2.06. The molecule has 0 unspecified atom stereocenters. The number of rotatable bonds is 3. The Kier molecular flexibility index (Phi) is 2.97. The molecule has 0 aromatic heterocycles. The number of benzene rings is 1. The number of halogens is 1. The van der Waals surface area contributed by atoms with E-state index in [2.05, 4.69) is 0 Å². The van der Waals surface area contributed by atoms with Gasteiger partial charge in [-0.25, -0.2) is 9.18 Å². The van der Waals surface area contributed by atoms with E-state index >= 15 is 0 Å². The van der Waals surface area contributed by atoms with E-state index in [0.29, 0.717) is 5.56 Å². The van der Waals surface area contributed by atoms with Gasteiger partial charge in [-0.15, -0.1) is 0 Å². The normalized spacial score (nSPS) is 12.5. The van der Waals surface area contributed by atoms with Gasteiger partial charge in [0.25, 0.3) is 0 Å². The molecule has 2 N–H and O–H groups in total. The fourth-order valence-corrected chi connectivity index (χ4v) is 0.975. The summed E-state index contributed by atoms with van der Waals surface area (Å²) in [4.78, 5) is 10.2. The van der Waals surface area contributed by atoms with Gasteiger partial charge in [-0.2, -0.15) is 0 Å². The number of hydrogen-bond acceptors (Lipinski definition) is 2. The van der Waals surface area contributed by atoms with Crippen LogP contribution in [0.1, 0.15) is 5.56 Å². The molecule has 0 aliphatic heterocycles. The largest absolute Gasteiger partial charge is 0.479 e. The third-order valence-electron chi connectivity index (χ3n) is 1.60. The average Bonchev–Trinajstić information content (AvgIpc) is 2.04. The Morgan fingerprint density at radius 1 is 1.54 bits per heavy atom. The van der Waals surface area contributed by atoms with Crippen LogP contribution in [-0.4, -0.2) is 22.3 Å². The quantitative estimate of drug-likeness (QED) is 0.730. The van der Waals surface area contributed by atoms with Gasteiger partial charge in [-0.05, 0) is 17.7 Å². The van der Waals surface area contributed by atoms with Crippen LogP contribution in [0, 0.1) is 5.82 Å². The molecule has 4 heteroatoms. The molecule has 0 fully saturated rings. The van der Waals surface area contributed by atoms with Gasteiger partial charge in [0.1, 0.15) is 5.82 Å². The van der Waals surface area contributed by atoms with Crippen molar-refractivity contribution in [2.24, 2.45) is 0 Å². The first-order valence-corrected chi connectivity index (χ1v) is 3.75. The van der Waals surface area contributed by atoms with E-state index in [1.54, 1.807) is 6.07 Å². The predicted molar refractivity (Wildman–Crippen MR) is 43.7 cm³/mol. The molecule has 0 bridgehead atoms. The molecule has 70 valence electrons. The monoisotopic (exact) mass is 184 g/mol. The second kappa shape index (κ2) is 4.00. The molecule has 0 saturated carbocycles. The first kappa shape index (κ1) is 9.67. The minimum absolute atomic E-state index is 0.0763. The minimum atomic E-state index is -1.47. The number of aliphatic hydroxyl groups is 1. The Hall–Kier alpha value is -1.42. The summed E-state index contributed by atoms with van der Waals surface area (Å²) in [5.74, 6) is -1.74. The first-order chi connectivity index (χ1) is 6.09. The predicted octanol–water partition coefficient (Wildman–Crippen LogP) is 0.814. The lowest BCUT2D eigenvalue weighted by Crippen LogP contribution is -2.21. The van der Waals surface area contributed by atoms with Crippen molar-refractivity contribution in [1.82, 2.24) is 0 Å². The molecule has 0 amide bonds. The number of aliphatic hydroxyl groups excluding tert-OH is 1. The van der Waals surface area contributed by atoms with Crippen LogP contribution in [0.2, 0.25) is 0 Å². The van der Waals surface area contributed by atoms with E-state index in [0.717, 1.165) is 0 Å². The number of carboxylic acids is 1. The molecule has 0 aliphatic carbocycles. The van der Waals surface area contributed by atoms with Gasteiger partial charge in [-0.3, -0.25) is 0 Å². The Morgan fingerprint density at radius 3 is 2.77 bits per heavy atom. The van der Waals surface area contributed by atoms with Gasteiger partial charge in [0, 0.05) is 6.42 Å². The summed E-state index contributed by atoms with van der Waals surface area (Å²) >= 11 is 0. The van der Waals surface area contributed by atoms with Crippen LogP contribution in [0.5, 0.6) is 0 Å². The molecule has 0 aliphatic rings. The number of hydrogen-bond donors (Lipinski definition) is 2. The highest BCUT2D eigenvalue weighted by atomic mass is 19.1. The van der Waals surface area contributed by atoms with E-state index in [-0.39, 0.29) is 6.42 Å². The summed E-state index contributed by atoms with van der Waals surface area (Å²) in [6.07, 6.45) is -1.55. The zero-order chi connectivity index (χ0) is 9.84. The summed E-state index contributed by atoms with van der Waals surface area (Å²) in [6.45, 7) is 0. The molecule has 0 saturated heterocycles. The zero-order valence-corrected chi connectivity index (χ0v) is 6.77. The van der Waals surface area contributed by atoms with Crippen molar-refractivity contribution in [3.63, 3.8) is 0 Å². The number of carboxylic acid groups (broad SMARTS) is 1.